The van der Waals surface area contributed by atoms with E-state index in [9.17, 15) is 0 Å². The van der Waals surface area contributed by atoms with Crippen molar-refractivity contribution in [2.45, 2.75) is 58.4 Å². The molecule has 0 bridgehead atoms. The van der Waals surface area contributed by atoms with E-state index in [0.29, 0.717) is 6.04 Å². The summed E-state index contributed by atoms with van der Waals surface area (Å²) in [5.41, 5.74) is 0. The highest BCUT2D eigenvalue weighted by Crippen LogP contribution is 2.28. The first kappa shape index (κ1) is 14.1. The highest BCUT2D eigenvalue weighted by Gasteiger charge is 2.23. The molecule has 1 aliphatic carbocycles. The Morgan fingerprint density at radius 2 is 2.11 bits per heavy atom. The summed E-state index contributed by atoms with van der Waals surface area (Å²) in [7, 11) is 0. The van der Waals surface area contributed by atoms with Crippen molar-refractivity contribution in [3.63, 3.8) is 0 Å². The standard InChI is InChI=1S/C15H26N4/c1-3-10-16-15-17-11-9-14(19-15)18-13-8-6-5-7-12(13)4-2/h9,11-13H,3-8,10H2,1-2H3,(H2,16,17,18,19). The summed E-state index contributed by atoms with van der Waals surface area (Å²) in [5.74, 6) is 2.48. The third kappa shape index (κ3) is 4.08. The number of rotatable bonds is 6. The first-order valence-corrected chi connectivity index (χ1v) is 7.67. The van der Waals surface area contributed by atoms with Gasteiger partial charge in [-0.15, -0.1) is 0 Å². The molecule has 0 radical (unpaired) electrons. The summed E-state index contributed by atoms with van der Waals surface area (Å²) in [6, 6.07) is 2.55. The van der Waals surface area contributed by atoms with Gasteiger partial charge in [0.1, 0.15) is 5.82 Å². The number of aromatic nitrogens is 2. The van der Waals surface area contributed by atoms with Crippen LogP contribution < -0.4 is 10.6 Å². The zero-order valence-corrected chi connectivity index (χ0v) is 12.2. The molecule has 106 valence electrons. The van der Waals surface area contributed by atoms with Crippen LogP contribution >= 0.6 is 0 Å². The Kier molecular flexibility index (Phi) is 5.43. The summed E-state index contributed by atoms with van der Waals surface area (Å²) in [6.45, 7) is 5.35. The van der Waals surface area contributed by atoms with Crippen molar-refractivity contribution < 1.29 is 0 Å². The zero-order chi connectivity index (χ0) is 13.5. The Balaban J connectivity index is 1.97. The van der Waals surface area contributed by atoms with Gasteiger partial charge in [-0.3, -0.25) is 0 Å². The number of nitrogens with zero attached hydrogens (tertiary/aromatic N) is 2. The van der Waals surface area contributed by atoms with E-state index >= 15 is 0 Å². The molecule has 2 atom stereocenters. The lowest BCUT2D eigenvalue weighted by atomic mass is 9.83. The average Bonchev–Trinajstić information content (AvgIpc) is 2.46. The second kappa shape index (κ2) is 7.31. The predicted molar refractivity (Wildman–Crippen MR) is 80.5 cm³/mol. The molecule has 0 amide bonds. The first-order chi connectivity index (χ1) is 9.33. The van der Waals surface area contributed by atoms with Gasteiger partial charge in [0.25, 0.3) is 0 Å². The van der Waals surface area contributed by atoms with E-state index in [1.165, 1.54) is 32.1 Å². The molecule has 4 nitrogen and oxygen atoms in total. The SMILES string of the molecule is CCCNc1nccc(NC2CCCCC2CC)n1. The lowest BCUT2D eigenvalue weighted by molar-refractivity contribution is 0.317. The molecule has 4 heteroatoms. The zero-order valence-electron chi connectivity index (χ0n) is 12.2. The van der Waals surface area contributed by atoms with Gasteiger partial charge in [-0.05, 0) is 31.2 Å². The summed E-state index contributed by atoms with van der Waals surface area (Å²) >= 11 is 0. The fourth-order valence-electron chi connectivity index (χ4n) is 2.84. The Morgan fingerprint density at radius 3 is 2.89 bits per heavy atom. The molecule has 1 aliphatic rings. The second-order valence-electron chi connectivity index (χ2n) is 5.40. The quantitative estimate of drug-likeness (QED) is 0.821. The first-order valence-electron chi connectivity index (χ1n) is 7.67. The summed E-state index contributed by atoms with van der Waals surface area (Å²) in [6.07, 6.45) is 9.49. The monoisotopic (exact) mass is 262 g/mol. The van der Waals surface area contributed by atoms with Gasteiger partial charge in [0.15, 0.2) is 0 Å². The van der Waals surface area contributed by atoms with E-state index < -0.39 is 0 Å². The fourth-order valence-corrected chi connectivity index (χ4v) is 2.84. The predicted octanol–water partition coefficient (Wildman–Crippen LogP) is 3.68. The van der Waals surface area contributed by atoms with E-state index in [1.54, 1.807) is 0 Å². The molecule has 0 aromatic carbocycles. The average molecular weight is 262 g/mol. The van der Waals surface area contributed by atoms with Crippen molar-refractivity contribution >= 4 is 11.8 Å². The van der Waals surface area contributed by atoms with Crippen molar-refractivity contribution in [3.05, 3.63) is 12.3 Å². The van der Waals surface area contributed by atoms with Gasteiger partial charge in [-0.1, -0.05) is 33.1 Å². The minimum atomic E-state index is 0.577. The van der Waals surface area contributed by atoms with E-state index in [4.69, 9.17) is 0 Å². The molecule has 0 spiro atoms. The molecular weight excluding hydrogens is 236 g/mol. The van der Waals surface area contributed by atoms with Gasteiger partial charge in [-0.25, -0.2) is 4.98 Å². The normalized spacial score (nSPS) is 23.1. The Morgan fingerprint density at radius 1 is 1.26 bits per heavy atom. The Hall–Kier alpha value is -1.32. The Labute approximate surface area is 116 Å². The van der Waals surface area contributed by atoms with Crippen LogP contribution in [0.4, 0.5) is 11.8 Å². The molecule has 2 N–H and O–H groups in total. The topological polar surface area (TPSA) is 49.8 Å². The Bertz CT molecular complexity index is 380. The maximum Gasteiger partial charge on any atom is 0.224 e. The van der Waals surface area contributed by atoms with E-state index in [1.807, 2.05) is 12.3 Å². The molecule has 1 aromatic heterocycles. The number of nitrogens with one attached hydrogen (secondary N) is 2. The maximum atomic E-state index is 4.54. The third-order valence-corrected chi connectivity index (χ3v) is 3.96. The van der Waals surface area contributed by atoms with Gasteiger partial charge in [-0.2, -0.15) is 4.98 Å². The molecule has 0 aliphatic heterocycles. The molecule has 1 saturated carbocycles. The molecule has 1 heterocycles. The van der Waals surface area contributed by atoms with E-state index in [2.05, 4.69) is 34.4 Å². The summed E-state index contributed by atoms with van der Waals surface area (Å²) < 4.78 is 0. The number of hydrogen-bond donors (Lipinski definition) is 2. The third-order valence-electron chi connectivity index (χ3n) is 3.96. The smallest absolute Gasteiger partial charge is 0.224 e. The fraction of sp³-hybridized carbons (Fsp3) is 0.733. The molecule has 19 heavy (non-hydrogen) atoms. The highest BCUT2D eigenvalue weighted by molar-refractivity contribution is 5.40. The van der Waals surface area contributed by atoms with Crippen molar-refractivity contribution in [1.82, 2.24) is 9.97 Å². The minimum absolute atomic E-state index is 0.577. The van der Waals surface area contributed by atoms with Crippen molar-refractivity contribution in [2.75, 3.05) is 17.2 Å². The minimum Gasteiger partial charge on any atom is -0.367 e. The second-order valence-corrected chi connectivity index (χ2v) is 5.40. The molecule has 0 saturated heterocycles. The van der Waals surface area contributed by atoms with Gasteiger partial charge >= 0.3 is 0 Å². The van der Waals surface area contributed by atoms with Crippen molar-refractivity contribution in [3.8, 4) is 0 Å². The van der Waals surface area contributed by atoms with Crippen LogP contribution in [0.25, 0.3) is 0 Å². The molecular formula is C15H26N4. The van der Waals surface area contributed by atoms with Crippen LogP contribution in [0.3, 0.4) is 0 Å². The molecule has 2 unspecified atom stereocenters. The molecule has 1 fully saturated rings. The van der Waals surface area contributed by atoms with Crippen LogP contribution in [0.1, 0.15) is 52.4 Å². The molecule has 1 aromatic rings. The maximum absolute atomic E-state index is 4.54. The largest absolute Gasteiger partial charge is 0.367 e. The van der Waals surface area contributed by atoms with Crippen LogP contribution in [0.15, 0.2) is 12.3 Å². The van der Waals surface area contributed by atoms with Crippen LogP contribution in [-0.4, -0.2) is 22.6 Å². The van der Waals surface area contributed by atoms with Crippen LogP contribution in [0, 0.1) is 5.92 Å². The van der Waals surface area contributed by atoms with E-state index in [0.717, 1.165) is 30.6 Å². The van der Waals surface area contributed by atoms with Crippen molar-refractivity contribution in [2.24, 2.45) is 5.92 Å². The van der Waals surface area contributed by atoms with Crippen LogP contribution in [0.2, 0.25) is 0 Å². The van der Waals surface area contributed by atoms with Gasteiger partial charge in [0.05, 0.1) is 0 Å². The van der Waals surface area contributed by atoms with Gasteiger partial charge in [0, 0.05) is 18.8 Å². The van der Waals surface area contributed by atoms with Crippen molar-refractivity contribution in [1.29, 1.82) is 0 Å². The summed E-state index contributed by atoms with van der Waals surface area (Å²) in [5, 5.41) is 6.84. The molecule has 2 rings (SSSR count). The lowest BCUT2D eigenvalue weighted by Gasteiger charge is -2.31. The van der Waals surface area contributed by atoms with Crippen LogP contribution in [-0.2, 0) is 0 Å². The highest BCUT2D eigenvalue weighted by atomic mass is 15.1. The van der Waals surface area contributed by atoms with Gasteiger partial charge < -0.3 is 10.6 Å². The van der Waals surface area contributed by atoms with E-state index in [-0.39, 0.29) is 0 Å². The van der Waals surface area contributed by atoms with Gasteiger partial charge in [0.2, 0.25) is 5.95 Å². The van der Waals surface area contributed by atoms with Crippen LogP contribution in [0.5, 0.6) is 0 Å². The number of hydrogen-bond acceptors (Lipinski definition) is 4. The lowest BCUT2D eigenvalue weighted by Crippen LogP contribution is -2.32. The number of anilines is 2. The summed E-state index contributed by atoms with van der Waals surface area (Å²) in [4.78, 5) is 8.79.